The van der Waals surface area contributed by atoms with Gasteiger partial charge in [0.2, 0.25) is 0 Å². The van der Waals surface area contributed by atoms with E-state index in [4.69, 9.17) is 9.11 Å². The summed E-state index contributed by atoms with van der Waals surface area (Å²) < 4.78 is 63.0. The highest BCUT2D eigenvalue weighted by molar-refractivity contribution is 7.89. The standard InChI is InChI=1S/C10H8O6S2.4H2O/c11-17(12,13)9-6-5-7-3-1-2-4-8(7)10(9)18(14,15)16;;;;/h1-6H,(H,11,12,13)(H,14,15,16);4*1H2. The van der Waals surface area contributed by atoms with Gasteiger partial charge in [-0.25, -0.2) is 0 Å². The number of hydrogen-bond donors (Lipinski definition) is 2. The minimum atomic E-state index is -4.78. The molecule has 12 heteroatoms. The van der Waals surface area contributed by atoms with Crippen molar-refractivity contribution in [3.8, 4) is 0 Å². The molecule has 10 nitrogen and oxygen atoms in total. The molecule has 0 spiro atoms. The predicted octanol–water partition coefficient (Wildman–Crippen LogP) is -1.97. The van der Waals surface area contributed by atoms with Crippen molar-refractivity contribution in [1.29, 1.82) is 0 Å². The molecule has 0 fully saturated rings. The van der Waals surface area contributed by atoms with E-state index >= 15 is 0 Å². The van der Waals surface area contributed by atoms with Crippen LogP contribution in [0.3, 0.4) is 0 Å². The molecule has 0 saturated heterocycles. The van der Waals surface area contributed by atoms with Crippen molar-refractivity contribution in [3.63, 3.8) is 0 Å². The quantitative estimate of drug-likeness (QED) is 0.575. The first-order chi connectivity index (χ1) is 8.21. The molecule has 0 heterocycles. The van der Waals surface area contributed by atoms with Crippen LogP contribution in [-0.2, 0) is 20.2 Å². The molecule has 0 bridgehead atoms. The van der Waals surface area contributed by atoms with Crippen LogP contribution in [0.15, 0.2) is 46.2 Å². The largest absolute Gasteiger partial charge is 0.412 e. The fraction of sp³-hybridized carbons (Fsp3) is 0. The lowest BCUT2D eigenvalue weighted by atomic mass is 10.1. The zero-order valence-corrected chi connectivity index (χ0v) is 12.4. The average molecular weight is 360 g/mol. The normalized spacial score (nSPS) is 10.5. The maximum atomic E-state index is 11.3. The van der Waals surface area contributed by atoms with Crippen molar-refractivity contribution in [3.05, 3.63) is 36.4 Å². The van der Waals surface area contributed by atoms with Gasteiger partial charge in [-0.05, 0) is 11.5 Å². The van der Waals surface area contributed by atoms with E-state index in [2.05, 4.69) is 0 Å². The van der Waals surface area contributed by atoms with Crippen molar-refractivity contribution in [1.82, 2.24) is 0 Å². The van der Waals surface area contributed by atoms with E-state index in [-0.39, 0.29) is 27.3 Å². The fourth-order valence-corrected chi connectivity index (χ4v) is 3.69. The summed E-state index contributed by atoms with van der Waals surface area (Å²) in [5, 5.41) is 0.452. The fourth-order valence-electron chi connectivity index (χ4n) is 1.69. The third kappa shape index (κ3) is 4.69. The first kappa shape index (κ1) is 25.3. The molecule has 0 aliphatic carbocycles. The third-order valence-corrected chi connectivity index (χ3v) is 4.36. The van der Waals surface area contributed by atoms with Gasteiger partial charge >= 0.3 is 0 Å². The lowest BCUT2D eigenvalue weighted by Crippen LogP contribution is -2.09. The van der Waals surface area contributed by atoms with Crippen molar-refractivity contribution in [2.75, 3.05) is 0 Å². The van der Waals surface area contributed by atoms with Crippen LogP contribution >= 0.6 is 0 Å². The van der Waals surface area contributed by atoms with Gasteiger partial charge in [0, 0.05) is 5.39 Å². The molecule has 0 aliphatic rings. The number of rotatable bonds is 2. The van der Waals surface area contributed by atoms with Crippen LogP contribution < -0.4 is 0 Å². The average Bonchev–Trinajstić information content (AvgIpc) is 2.24. The second-order valence-electron chi connectivity index (χ2n) is 3.56. The second-order valence-corrected chi connectivity index (χ2v) is 6.31. The van der Waals surface area contributed by atoms with Crippen LogP contribution in [-0.4, -0.2) is 47.8 Å². The zero-order chi connectivity index (χ0) is 13.6. The predicted molar refractivity (Wildman–Crippen MR) is 78.0 cm³/mol. The van der Waals surface area contributed by atoms with E-state index < -0.39 is 30.0 Å². The van der Waals surface area contributed by atoms with E-state index in [9.17, 15) is 16.8 Å². The smallest absolute Gasteiger partial charge is 0.296 e. The van der Waals surface area contributed by atoms with Gasteiger partial charge in [0.15, 0.2) is 0 Å². The van der Waals surface area contributed by atoms with Crippen LogP contribution in [0.4, 0.5) is 0 Å². The Morgan fingerprint density at radius 2 is 1.18 bits per heavy atom. The molecule has 0 aromatic heterocycles. The molecule has 22 heavy (non-hydrogen) atoms. The van der Waals surface area contributed by atoms with E-state index in [1.807, 2.05) is 0 Å². The molecule has 0 saturated carbocycles. The Morgan fingerprint density at radius 3 is 1.64 bits per heavy atom. The van der Waals surface area contributed by atoms with Gasteiger partial charge in [-0.1, -0.05) is 30.3 Å². The number of hydrogen-bond acceptors (Lipinski definition) is 4. The minimum absolute atomic E-state index is 0. The monoisotopic (exact) mass is 360 g/mol. The first-order valence-electron chi connectivity index (χ1n) is 4.68. The summed E-state index contributed by atoms with van der Waals surface area (Å²) in [6.07, 6.45) is 0. The van der Waals surface area contributed by atoms with Crippen LogP contribution in [0.5, 0.6) is 0 Å². The summed E-state index contributed by atoms with van der Waals surface area (Å²) in [7, 11) is -9.53. The maximum Gasteiger partial charge on any atom is 0.296 e. The van der Waals surface area contributed by atoms with E-state index in [0.29, 0.717) is 5.39 Å². The first-order valence-corrected chi connectivity index (χ1v) is 7.56. The summed E-state index contributed by atoms with van der Waals surface area (Å²) in [5.74, 6) is 0. The molecule has 10 N–H and O–H groups in total. The van der Waals surface area contributed by atoms with Gasteiger partial charge in [-0.3, -0.25) is 9.11 Å². The Bertz CT molecular complexity index is 826. The van der Waals surface area contributed by atoms with Gasteiger partial charge in [0.1, 0.15) is 9.79 Å². The molecule has 2 aromatic rings. The third-order valence-electron chi connectivity index (χ3n) is 2.38. The Labute approximate surface area is 125 Å². The van der Waals surface area contributed by atoms with Crippen molar-refractivity contribution < 1.29 is 47.8 Å². The second kappa shape index (κ2) is 8.11. The minimum Gasteiger partial charge on any atom is -0.412 e. The highest BCUT2D eigenvalue weighted by Gasteiger charge is 2.26. The summed E-state index contributed by atoms with van der Waals surface area (Å²) in [5.41, 5.74) is 0. The molecular weight excluding hydrogens is 344 g/mol. The van der Waals surface area contributed by atoms with Crippen molar-refractivity contribution >= 4 is 31.0 Å². The molecule has 0 atom stereocenters. The zero-order valence-electron chi connectivity index (χ0n) is 10.8. The van der Waals surface area contributed by atoms with Gasteiger partial charge in [0.25, 0.3) is 20.2 Å². The SMILES string of the molecule is O.O.O.O.O=S(=O)(O)c1ccc2ccccc2c1S(=O)(=O)O. The number of fused-ring (bicyclic) bond motifs is 1. The van der Waals surface area contributed by atoms with Gasteiger partial charge < -0.3 is 21.9 Å². The van der Waals surface area contributed by atoms with E-state index in [1.54, 1.807) is 12.1 Å². The summed E-state index contributed by atoms with van der Waals surface area (Å²) in [6.45, 7) is 0. The lowest BCUT2D eigenvalue weighted by molar-refractivity contribution is 0.467. The topological polar surface area (TPSA) is 235 Å². The van der Waals surface area contributed by atoms with Crippen LogP contribution in [0.25, 0.3) is 10.8 Å². The van der Waals surface area contributed by atoms with E-state index in [0.717, 1.165) is 6.07 Å². The molecule has 0 aliphatic heterocycles. The highest BCUT2D eigenvalue weighted by atomic mass is 32.2. The molecule has 0 unspecified atom stereocenters. The van der Waals surface area contributed by atoms with Crippen molar-refractivity contribution in [2.24, 2.45) is 0 Å². The van der Waals surface area contributed by atoms with Crippen molar-refractivity contribution in [2.45, 2.75) is 9.79 Å². The lowest BCUT2D eigenvalue weighted by Gasteiger charge is -2.08. The molecular formula is C10H16O10S2. The number of benzene rings is 2. The van der Waals surface area contributed by atoms with Gasteiger partial charge in [-0.15, -0.1) is 0 Å². The maximum absolute atomic E-state index is 11.3. The summed E-state index contributed by atoms with van der Waals surface area (Å²) in [6, 6.07) is 8.28. The summed E-state index contributed by atoms with van der Waals surface area (Å²) in [4.78, 5) is -1.66. The molecule has 128 valence electrons. The Morgan fingerprint density at radius 1 is 0.682 bits per heavy atom. The van der Waals surface area contributed by atoms with Crippen LogP contribution in [0.1, 0.15) is 0 Å². The van der Waals surface area contributed by atoms with E-state index in [1.165, 1.54) is 18.2 Å². The molecule has 0 amide bonds. The molecule has 0 radical (unpaired) electrons. The Hall–Kier alpha value is -1.64. The summed E-state index contributed by atoms with van der Waals surface area (Å²) >= 11 is 0. The highest BCUT2D eigenvalue weighted by Crippen LogP contribution is 2.29. The molecule has 2 aromatic carbocycles. The Kier molecular flexibility index (Phi) is 9.34. The van der Waals surface area contributed by atoms with Crippen LogP contribution in [0.2, 0.25) is 0 Å². The van der Waals surface area contributed by atoms with Crippen LogP contribution in [0, 0.1) is 0 Å². The Balaban J connectivity index is -0.000000902. The van der Waals surface area contributed by atoms with Gasteiger partial charge in [-0.2, -0.15) is 16.8 Å². The molecule has 2 rings (SSSR count). The van der Waals surface area contributed by atoms with Gasteiger partial charge in [0.05, 0.1) is 0 Å².